The van der Waals surface area contributed by atoms with E-state index in [2.05, 4.69) is 21.9 Å². The maximum absolute atomic E-state index is 12.3. The molecule has 22 heavy (non-hydrogen) atoms. The van der Waals surface area contributed by atoms with Gasteiger partial charge in [0.25, 0.3) is 0 Å². The number of thiophene rings is 1. The van der Waals surface area contributed by atoms with E-state index >= 15 is 0 Å². The van der Waals surface area contributed by atoms with Crippen molar-refractivity contribution in [3.8, 4) is 0 Å². The average Bonchev–Trinajstić information content (AvgIpc) is 3.20. The molecule has 3 rings (SSSR count). The van der Waals surface area contributed by atoms with Gasteiger partial charge in [-0.1, -0.05) is 0 Å². The van der Waals surface area contributed by atoms with E-state index < -0.39 is 0 Å². The van der Waals surface area contributed by atoms with Gasteiger partial charge in [-0.25, -0.2) is 0 Å². The molecule has 1 atom stereocenters. The van der Waals surface area contributed by atoms with E-state index in [-0.39, 0.29) is 5.91 Å². The molecule has 0 saturated carbocycles. The monoisotopic (exact) mass is 318 g/mol. The van der Waals surface area contributed by atoms with Crippen molar-refractivity contribution in [2.75, 3.05) is 20.1 Å². The number of likely N-dealkylation sites (N-methyl/N-ethyl adjacent to an activating group) is 1. The number of rotatable bonds is 5. The summed E-state index contributed by atoms with van der Waals surface area (Å²) in [7, 11) is 1.84. The molecule has 0 radical (unpaired) electrons. The predicted octanol–water partition coefficient (Wildman–Crippen LogP) is 2.07. The smallest absolute Gasteiger partial charge is 0.244 e. The first-order valence-electron chi connectivity index (χ1n) is 7.71. The lowest BCUT2D eigenvalue weighted by Gasteiger charge is -2.20. The maximum Gasteiger partial charge on any atom is 0.244 e. The lowest BCUT2D eigenvalue weighted by Crippen LogP contribution is -2.30. The summed E-state index contributed by atoms with van der Waals surface area (Å²) >= 11 is 1.65. The number of piperidine rings is 1. The number of amides is 1. The molecule has 1 aliphatic heterocycles. The van der Waals surface area contributed by atoms with Crippen LogP contribution in [0.15, 0.2) is 29.1 Å². The molecule has 1 saturated heterocycles. The topological polar surface area (TPSA) is 50.2 Å². The molecule has 3 heterocycles. The molecule has 1 amide bonds. The third-order valence-corrected chi connectivity index (χ3v) is 4.83. The number of nitrogens with zero attached hydrogens (tertiary/aromatic N) is 3. The van der Waals surface area contributed by atoms with Crippen LogP contribution in [-0.2, 0) is 17.9 Å². The van der Waals surface area contributed by atoms with Crippen LogP contribution in [0.4, 0.5) is 0 Å². The Morgan fingerprint density at radius 1 is 1.55 bits per heavy atom. The van der Waals surface area contributed by atoms with Gasteiger partial charge in [-0.3, -0.25) is 9.48 Å². The van der Waals surface area contributed by atoms with Gasteiger partial charge in [0, 0.05) is 32.3 Å². The Kier molecular flexibility index (Phi) is 4.90. The Labute approximate surface area is 134 Å². The van der Waals surface area contributed by atoms with Crippen molar-refractivity contribution in [2.45, 2.75) is 31.8 Å². The Bertz CT molecular complexity index is 601. The molecule has 0 unspecified atom stereocenters. The summed E-state index contributed by atoms with van der Waals surface area (Å²) < 4.78 is 1.76. The Hall–Kier alpha value is -1.66. The van der Waals surface area contributed by atoms with E-state index in [1.165, 1.54) is 18.4 Å². The van der Waals surface area contributed by atoms with Crippen LogP contribution in [0.5, 0.6) is 0 Å². The molecule has 0 aliphatic carbocycles. The van der Waals surface area contributed by atoms with Gasteiger partial charge in [0.2, 0.25) is 5.91 Å². The number of nitrogens with one attached hydrogen (secondary N) is 1. The molecule has 118 valence electrons. The molecule has 5 nitrogen and oxygen atoms in total. The van der Waals surface area contributed by atoms with E-state index in [9.17, 15) is 4.79 Å². The van der Waals surface area contributed by atoms with Crippen molar-refractivity contribution in [3.63, 3.8) is 0 Å². The molecule has 1 fully saturated rings. The third-order valence-electron chi connectivity index (χ3n) is 4.10. The van der Waals surface area contributed by atoms with Gasteiger partial charge in [0.05, 0.1) is 5.69 Å². The van der Waals surface area contributed by atoms with E-state index in [4.69, 9.17) is 0 Å². The summed E-state index contributed by atoms with van der Waals surface area (Å²) in [5.41, 5.74) is 2.27. The summed E-state index contributed by atoms with van der Waals surface area (Å²) in [6, 6.07) is 4.10. The standard InChI is InChI=1S/C16H22N4OS/c1-19(10-13-5-8-22-12-13)16(21)11-20-7-4-15(18-20)14-3-2-6-17-9-14/h4-5,7-8,12,14,17H,2-3,6,9-11H2,1H3/t14-/m0/s1. The lowest BCUT2D eigenvalue weighted by atomic mass is 9.97. The second kappa shape index (κ2) is 7.07. The SMILES string of the molecule is CN(Cc1ccsc1)C(=O)Cn1ccc([C@H]2CCCNC2)n1. The zero-order valence-electron chi connectivity index (χ0n) is 12.9. The van der Waals surface area contributed by atoms with Crippen LogP contribution in [-0.4, -0.2) is 40.7 Å². The van der Waals surface area contributed by atoms with Gasteiger partial charge in [0.1, 0.15) is 6.54 Å². The van der Waals surface area contributed by atoms with Crippen LogP contribution in [0.2, 0.25) is 0 Å². The highest BCUT2D eigenvalue weighted by molar-refractivity contribution is 7.07. The first-order valence-corrected chi connectivity index (χ1v) is 8.66. The first kappa shape index (κ1) is 15.2. The third kappa shape index (κ3) is 3.75. The van der Waals surface area contributed by atoms with Crippen molar-refractivity contribution in [1.82, 2.24) is 20.0 Å². The molecule has 0 bridgehead atoms. The second-order valence-corrected chi connectivity index (χ2v) is 6.64. The molecule has 6 heteroatoms. The predicted molar refractivity (Wildman–Crippen MR) is 87.9 cm³/mol. The molecule has 2 aromatic rings. The quantitative estimate of drug-likeness (QED) is 0.918. The summed E-state index contributed by atoms with van der Waals surface area (Å²) in [6.07, 6.45) is 4.29. The molecule has 1 aliphatic rings. The highest BCUT2D eigenvalue weighted by atomic mass is 32.1. The van der Waals surface area contributed by atoms with Crippen LogP contribution in [0.25, 0.3) is 0 Å². The van der Waals surface area contributed by atoms with Crippen LogP contribution in [0.3, 0.4) is 0 Å². The van der Waals surface area contributed by atoms with E-state index in [0.717, 1.165) is 18.8 Å². The van der Waals surface area contributed by atoms with Gasteiger partial charge >= 0.3 is 0 Å². The first-order chi connectivity index (χ1) is 10.7. The molecular formula is C16H22N4OS. The van der Waals surface area contributed by atoms with Gasteiger partial charge in [-0.15, -0.1) is 0 Å². The Morgan fingerprint density at radius 2 is 2.45 bits per heavy atom. The summed E-state index contributed by atoms with van der Waals surface area (Å²) in [5.74, 6) is 0.566. The van der Waals surface area contributed by atoms with Gasteiger partial charge < -0.3 is 10.2 Å². The van der Waals surface area contributed by atoms with Gasteiger partial charge in [0.15, 0.2) is 0 Å². The minimum atomic E-state index is 0.0858. The fourth-order valence-corrected chi connectivity index (χ4v) is 3.45. The van der Waals surface area contributed by atoms with Crippen molar-refractivity contribution in [3.05, 3.63) is 40.3 Å². The molecule has 0 aromatic carbocycles. The zero-order chi connectivity index (χ0) is 15.4. The number of hydrogen-bond donors (Lipinski definition) is 1. The minimum Gasteiger partial charge on any atom is -0.340 e. The van der Waals surface area contributed by atoms with Crippen LogP contribution in [0, 0.1) is 0 Å². The zero-order valence-corrected chi connectivity index (χ0v) is 13.7. The van der Waals surface area contributed by atoms with Crippen molar-refractivity contribution in [1.29, 1.82) is 0 Å². The summed E-state index contributed by atoms with van der Waals surface area (Å²) in [5, 5.41) is 12.1. The Morgan fingerprint density at radius 3 is 3.18 bits per heavy atom. The largest absolute Gasteiger partial charge is 0.340 e. The average molecular weight is 318 g/mol. The fourth-order valence-electron chi connectivity index (χ4n) is 2.79. The maximum atomic E-state index is 12.3. The second-order valence-electron chi connectivity index (χ2n) is 5.86. The molecular weight excluding hydrogens is 296 g/mol. The van der Waals surface area contributed by atoms with Crippen molar-refractivity contribution >= 4 is 17.2 Å². The van der Waals surface area contributed by atoms with E-state index in [1.807, 2.05) is 24.7 Å². The van der Waals surface area contributed by atoms with Gasteiger partial charge in [-0.05, 0) is 47.8 Å². The normalized spacial score (nSPS) is 18.3. The highest BCUT2D eigenvalue weighted by Gasteiger charge is 2.18. The van der Waals surface area contributed by atoms with Crippen LogP contribution in [0.1, 0.15) is 30.0 Å². The van der Waals surface area contributed by atoms with E-state index in [0.29, 0.717) is 19.0 Å². The van der Waals surface area contributed by atoms with Crippen LogP contribution >= 0.6 is 11.3 Å². The number of aromatic nitrogens is 2. The molecule has 0 spiro atoms. The highest BCUT2D eigenvalue weighted by Crippen LogP contribution is 2.21. The minimum absolute atomic E-state index is 0.0858. The summed E-state index contributed by atoms with van der Waals surface area (Å²) in [4.78, 5) is 14.0. The fraction of sp³-hybridized carbons (Fsp3) is 0.500. The summed E-state index contributed by atoms with van der Waals surface area (Å²) in [6.45, 7) is 3.05. The number of hydrogen-bond acceptors (Lipinski definition) is 4. The van der Waals surface area contributed by atoms with Crippen molar-refractivity contribution < 1.29 is 4.79 Å². The van der Waals surface area contributed by atoms with Crippen LogP contribution < -0.4 is 5.32 Å². The van der Waals surface area contributed by atoms with Gasteiger partial charge in [-0.2, -0.15) is 16.4 Å². The molecule has 2 aromatic heterocycles. The number of carbonyl (C=O) groups is 1. The van der Waals surface area contributed by atoms with E-state index in [1.54, 1.807) is 20.9 Å². The lowest BCUT2D eigenvalue weighted by molar-refractivity contribution is -0.131. The van der Waals surface area contributed by atoms with Crippen molar-refractivity contribution in [2.24, 2.45) is 0 Å². The number of carbonyl (C=O) groups excluding carboxylic acids is 1. The Balaban J connectivity index is 1.56. The molecule has 1 N–H and O–H groups in total.